The first-order valence-electron chi connectivity index (χ1n) is 7.21. The van der Waals surface area contributed by atoms with E-state index in [0.29, 0.717) is 24.9 Å². The number of thioether (sulfide) groups is 1. The topological polar surface area (TPSA) is 75.4 Å². The van der Waals surface area contributed by atoms with Crippen LogP contribution in [0.1, 0.15) is 38.5 Å². The summed E-state index contributed by atoms with van der Waals surface area (Å²) in [5, 5.41) is 0.435. The first-order chi connectivity index (χ1) is 9.13. The number of nitrogens with zero attached hydrogens (tertiary/aromatic N) is 1. The molecule has 0 aromatic rings. The van der Waals surface area contributed by atoms with Crippen molar-refractivity contribution in [3.05, 3.63) is 0 Å². The fourth-order valence-electron chi connectivity index (χ4n) is 2.78. The van der Waals surface area contributed by atoms with Gasteiger partial charge in [0.15, 0.2) is 0 Å². The lowest BCUT2D eigenvalue weighted by molar-refractivity contribution is 0.254. The van der Waals surface area contributed by atoms with E-state index in [4.69, 9.17) is 5.73 Å². The average Bonchev–Trinajstić information content (AvgIpc) is 2.46. The van der Waals surface area contributed by atoms with E-state index in [1.807, 2.05) is 11.8 Å². The smallest absolute Gasteiger partial charge is 0.279 e. The molecule has 0 spiro atoms. The maximum Gasteiger partial charge on any atom is 0.279 e. The van der Waals surface area contributed by atoms with Crippen LogP contribution in [0.5, 0.6) is 0 Å². The molecule has 0 aromatic heterocycles. The molecule has 2 aliphatic heterocycles. The van der Waals surface area contributed by atoms with E-state index in [-0.39, 0.29) is 6.04 Å². The first kappa shape index (κ1) is 15.6. The molecular weight excluding hydrogens is 282 g/mol. The van der Waals surface area contributed by atoms with Gasteiger partial charge in [-0.25, -0.2) is 4.72 Å². The van der Waals surface area contributed by atoms with Gasteiger partial charge in [-0.1, -0.05) is 12.8 Å². The van der Waals surface area contributed by atoms with Crippen LogP contribution in [0.25, 0.3) is 0 Å². The first-order valence-corrected chi connectivity index (χ1v) is 9.70. The third kappa shape index (κ3) is 4.32. The Bertz CT molecular complexity index is 369. The van der Waals surface area contributed by atoms with Crippen LogP contribution in [0.4, 0.5) is 0 Å². The molecule has 0 saturated carbocycles. The molecule has 2 unspecified atom stereocenters. The zero-order valence-corrected chi connectivity index (χ0v) is 13.0. The van der Waals surface area contributed by atoms with Crippen molar-refractivity contribution in [3.63, 3.8) is 0 Å². The minimum Gasteiger partial charge on any atom is -0.329 e. The van der Waals surface area contributed by atoms with Crippen LogP contribution in [0, 0.1) is 0 Å². The molecule has 0 aliphatic carbocycles. The molecule has 19 heavy (non-hydrogen) atoms. The maximum absolute atomic E-state index is 12.3. The van der Waals surface area contributed by atoms with Gasteiger partial charge in [0.1, 0.15) is 0 Å². The molecule has 2 atom stereocenters. The molecular formula is C12H25N3O2S2. The van der Waals surface area contributed by atoms with Gasteiger partial charge in [0.2, 0.25) is 0 Å². The van der Waals surface area contributed by atoms with Gasteiger partial charge in [-0.15, -0.1) is 0 Å². The third-order valence-corrected chi connectivity index (χ3v) is 6.95. The monoisotopic (exact) mass is 307 g/mol. The lowest BCUT2D eigenvalue weighted by Gasteiger charge is -2.34. The lowest BCUT2D eigenvalue weighted by atomic mass is 10.1. The van der Waals surface area contributed by atoms with Crippen LogP contribution in [-0.4, -0.2) is 49.4 Å². The Morgan fingerprint density at radius 1 is 1.21 bits per heavy atom. The normalized spacial score (nSPS) is 30.4. The van der Waals surface area contributed by atoms with Crippen molar-refractivity contribution >= 4 is 22.0 Å². The van der Waals surface area contributed by atoms with E-state index in [2.05, 4.69) is 4.72 Å². The van der Waals surface area contributed by atoms with E-state index in [1.165, 1.54) is 12.8 Å². The molecule has 5 nitrogen and oxygen atoms in total. The molecule has 112 valence electrons. The molecule has 0 aromatic carbocycles. The van der Waals surface area contributed by atoms with Crippen molar-refractivity contribution in [1.82, 2.24) is 9.03 Å². The number of nitrogens with two attached hydrogens (primary N) is 1. The highest BCUT2D eigenvalue weighted by molar-refractivity contribution is 8.00. The lowest BCUT2D eigenvalue weighted by Crippen LogP contribution is -2.52. The van der Waals surface area contributed by atoms with Crippen LogP contribution in [-0.2, 0) is 10.2 Å². The Morgan fingerprint density at radius 2 is 2.00 bits per heavy atom. The summed E-state index contributed by atoms with van der Waals surface area (Å²) < 4.78 is 29.1. The van der Waals surface area contributed by atoms with Crippen molar-refractivity contribution in [3.8, 4) is 0 Å². The van der Waals surface area contributed by atoms with E-state index in [0.717, 1.165) is 31.4 Å². The molecule has 0 bridgehead atoms. The van der Waals surface area contributed by atoms with Gasteiger partial charge in [-0.3, -0.25) is 0 Å². The van der Waals surface area contributed by atoms with Crippen molar-refractivity contribution in [2.24, 2.45) is 5.73 Å². The van der Waals surface area contributed by atoms with Gasteiger partial charge in [0, 0.05) is 30.9 Å². The Balaban J connectivity index is 1.89. The second-order valence-electron chi connectivity index (χ2n) is 5.34. The minimum absolute atomic E-state index is 0.0229. The highest BCUT2D eigenvalue weighted by Gasteiger charge is 2.31. The van der Waals surface area contributed by atoms with Crippen LogP contribution in [0.15, 0.2) is 0 Å². The predicted molar refractivity (Wildman–Crippen MR) is 80.4 cm³/mol. The average molecular weight is 307 g/mol. The molecule has 2 saturated heterocycles. The molecule has 2 aliphatic rings. The van der Waals surface area contributed by atoms with E-state index in [1.54, 1.807) is 4.31 Å². The Hall–Kier alpha value is 0.180. The Morgan fingerprint density at radius 3 is 2.68 bits per heavy atom. The Labute approximate surface area is 120 Å². The van der Waals surface area contributed by atoms with Gasteiger partial charge in [-0.05, 0) is 31.4 Å². The van der Waals surface area contributed by atoms with Gasteiger partial charge in [0.05, 0.1) is 0 Å². The van der Waals surface area contributed by atoms with Crippen LogP contribution in [0.2, 0.25) is 0 Å². The van der Waals surface area contributed by atoms with Crippen LogP contribution in [0.3, 0.4) is 0 Å². The van der Waals surface area contributed by atoms with Gasteiger partial charge < -0.3 is 5.73 Å². The fraction of sp³-hybridized carbons (Fsp3) is 1.00. The second kappa shape index (κ2) is 7.26. The zero-order chi connectivity index (χ0) is 13.7. The molecule has 0 radical (unpaired) electrons. The molecule has 2 fully saturated rings. The SMILES string of the molecule is NCC1CCCCN1S(=O)(=O)NCC1CCCCS1. The van der Waals surface area contributed by atoms with Crippen LogP contribution >= 0.6 is 11.8 Å². The predicted octanol–water partition coefficient (Wildman–Crippen LogP) is 0.920. The summed E-state index contributed by atoms with van der Waals surface area (Å²) in [7, 11) is -3.35. The molecule has 7 heteroatoms. The van der Waals surface area contributed by atoms with Crippen LogP contribution < -0.4 is 10.5 Å². The summed E-state index contributed by atoms with van der Waals surface area (Å²) in [6.45, 7) is 1.58. The zero-order valence-electron chi connectivity index (χ0n) is 11.4. The van der Waals surface area contributed by atoms with Gasteiger partial charge in [-0.2, -0.15) is 24.5 Å². The number of hydrogen-bond acceptors (Lipinski definition) is 4. The molecule has 3 N–H and O–H groups in total. The molecule has 2 rings (SSSR count). The second-order valence-corrected chi connectivity index (χ2v) is 8.45. The quantitative estimate of drug-likeness (QED) is 0.792. The molecule has 0 amide bonds. The summed E-state index contributed by atoms with van der Waals surface area (Å²) in [6.07, 6.45) is 6.49. The minimum atomic E-state index is -3.35. The molecule has 2 heterocycles. The largest absolute Gasteiger partial charge is 0.329 e. The van der Waals surface area contributed by atoms with Gasteiger partial charge >= 0.3 is 0 Å². The van der Waals surface area contributed by atoms with Crippen molar-refractivity contribution in [2.75, 3.05) is 25.4 Å². The summed E-state index contributed by atoms with van der Waals surface area (Å²) in [5.74, 6) is 1.15. The highest BCUT2D eigenvalue weighted by atomic mass is 32.2. The van der Waals surface area contributed by atoms with Crippen molar-refractivity contribution in [2.45, 2.75) is 49.8 Å². The maximum atomic E-state index is 12.3. The Kier molecular flexibility index (Phi) is 5.95. The van der Waals surface area contributed by atoms with E-state index < -0.39 is 10.2 Å². The van der Waals surface area contributed by atoms with Crippen molar-refractivity contribution in [1.29, 1.82) is 0 Å². The number of rotatable bonds is 5. The standard InChI is InChI=1S/C12H25N3O2S2/c13-9-11-5-1-3-7-15(11)19(16,17)14-10-12-6-2-4-8-18-12/h11-12,14H,1-10,13H2. The summed E-state index contributed by atoms with van der Waals surface area (Å²) in [4.78, 5) is 0. The van der Waals surface area contributed by atoms with Gasteiger partial charge in [0.25, 0.3) is 10.2 Å². The summed E-state index contributed by atoms with van der Waals surface area (Å²) >= 11 is 1.89. The summed E-state index contributed by atoms with van der Waals surface area (Å²) in [6, 6.07) is -0.0229. The number of piperidine rings is 1. The fourth-order valence-corrected chi connectivity index (χ4v) is 5.65. The third-order valence-electron chi connectivity index (χ3n) is 3.92. The summed E-state index contributed by atoms with van der Waals surface area (Å²) in [5.41, 5.74) is 5.69. The van der Waals surface area contributed by atoms with E-state index >= 15 is 0 Å². The number of nitrogens with one attached hydrogen (secondary N) is 1. The highest BCUT2D eigenvalue weighted by Crippen LogP contribution is 2.25. The van der Waals surface area contributed by atoms with E-state index in [9.17, 15) is 8.42 Å². The van der Waals surface area contributed by atoms with Crippen molar-refractivity contribution < 1.29 is 8.42 Å². The number of hydrogen-bond donors (Lipinski definition) is 2.